The Balaban J connectivity index is 1.67. The summed E-state index contributed by atoms with van der Waals surface area (Å²) in [6.45, 7) is 1.60. The largest absolute Gasteiger partial charge is 0.481 e. The second kappa shape index (κ2) is 8.12. The Bertz CT molecular complexity index is 691. The number of halogens is 1. The van der Waals surface area contributed by atoms with E-state index in [4.69, 9.17) is 0 Å². The number of likely N-dealkylation sites (tertiary alicyclic amines) is 1. The zero-order valence-electron chi connectivity index (χ0n) is 14.1. The molecule has 2 aromatic carbocycles. The summed E-state index contributed by atoms with van der Waals surface area (Å²) in [5.74, 6) is -1.36. The van der Waals surface area contributed by atoms with Gasteiger partial charge in [-0.1, -0.05) is 30.3 Å². The molecule has 5 heteroatoms. The van der Waals surface area contributed by atoms with Crippen molar-refractivity contribution in [3.8, 4) is 0 Å². The van der Waals surface area contributed by atoms with Crippen LogP contribution in [0.15, 0.2) is 54.6 Å². The normalized spacial score (nSPS) is 21.0. The second-order valence-electron chi connectivity index (χ2n) is 6.50. The van der Waals surface area contributed by atoms with Gasteiger partial charge in [-0.3, -0.25) is 9.69 Å². The van der Waals surface area contributed by atoms with Gasteiger partial charge in [0.15, 0.2) is 0 Å². The Morgan fingerprint density at radius 1 is 1.16 bits per heavy atom. The molecule has 0 aromatic heterocycles. The maximum Gasteiger partial charge on any atom is 0.306 e. The molecule has 0 amide bonds. The molecular weight excluding hydrogens is 319 g/mol. The zero-order chi connectivity index (χ0) is 17.6. The maximum absolute atomic E-state index is 13.1. The SMILES string of the molecule is O=C(O)C1CCN(CCc2ccccc2)C(Nc2ccc(F)cc2)C1. The lowest BCUT2D eigenvalue weighted by Crippen LogP contribution is -2.49. The number of carboxylic acids is 1. The first-order chi connectivity index (χ1) is 12.1. The molecule has 0 radical (unpaired) electrons. The molecule has 0 saturated carbocycles. The molecule has 2 aromatic rings. The average molecular weight is 342 g/mol. The highest BCUT2D eigenvalue weighted by Gasteiger charge is 2.31. The third-order valence-corrected chi connectivity index (χ3v) is 4.77. The summed E-state index contributed by atoms with van der Waals surface area (Å²) in [7, 11) is 0. The van der Waals surface area contributed by atoms with Crippen LogP contribution in [0.4, 0.5) is 10.1 Å². The molecule has 1 fully saturated rings. The van der Waals surface area contributed by atoms with Gasteiger partial charge < -0.3 is 10.4 Å². The van der Waals surface area contributed by atoms with Gasteiger partial charge in [0.25, 0.3) is 0 Å². The molecule has 25 heavy (non-hydrogen) atoms. The van der Waals surface area contributed by atoms with Crippen molar-refractivity contribution in [1.29, 1.82) is 0 Å². The van der Waals surface area contributed by atoms with Crippen molar-refractivity contribution >= 4 is 11.7 Å². The topological polar surface area (TPSA) is 52.6 Å². The molecule has 4 nitrogen and oxygen atoms in total. The predicted molar refractivity (Wildman–Crippen MR) is 95.9 cm³/mol. The van der Waals surface area contributed by atoms with Crippen LogP contribution in [0, 0.1) is 11.7 Å². The molecular formula is C20H23FN2O2. The number of anilines is 1. The third kappa shape index (κ3) is 4.79. The van der Waals surface area contributed by atoms with E-state index in [1.807, 2.05) is 18.2 Å². The maximum atomic E-state index is 13.1. The van der Waals surface area contributed by atoms with Crippen LogP contribution in [0.1, 0.15) is 18.4 Å². The standard InChI is InChI=1S/C20H23FN2O2/c21-17-6-8-18(9-7-17)22-19-14-16(20(24)25)11-13-23(19)12-10-15-4-2-1-3-5-15/h1-9,16,19,22H,10-14H2,(H,24,25). The van der Waals surface area contributed by atoms with Crippen molar-refractivity contribution in [2.75, 3.05) is 18.4 Å². The minimum absolute atomic E-state index is 0.0657. The smallest absolute Gasteiger partial charge is 0.306 e. The van der Waals surface area contributed by atoms with Crippen LogP contribution >= 0.6 is 0 Å². The fourth-order valence-electron chi connectivity index (χ4n) is 3.31. The minimum atomic E-state index is -0.742. The number of benzene rings is 2. The van der Waals surface area contributed by atoms with E-state index >= 15 is 0 Å². The first-order valence-corrected chi connectivity index (χ1v) is 8.65. The van der Waals surface area contributed by atoms with Crippen LogP contribution in [-0.4, -0.2) is 35.2 Å². The highest BCUT2D eigenvalue weighted by Crippen LogP contribution is 2.25. The Labute approximate surface area is 147 Å². The van der Waals surface area contributed by atoms with Crippen LogP contribution in [0.25, 0.3) is 0 Å². The highest BCUT2D eigenvalue weighted by atomic mass is 19.1. The van der Waals surface area contributed by atoms with E-state index < -0.39 is 5.97 Å². The summed E-state index contributed by atoms with van der Waals surface area (Å²) in [5.41, 5.74) is 2.07. The molecule has 0 bridgehead atoms. The van der Waals surface area contributed by atoms with Gasteiger partial charge in [0.2, 0.25) is 0 Å². The van der Waals surface area contributed by atoms with Crippen molar-refractivity contribution in [1.82, 2.24) is 4.90 Å². The van der Waals surface area contributed by atoms with Crippen LogP contribution < -0.4 is 5.32 Å². The summed E-state index contributed by atoms with van der Waals surface area (Å²) >= 11 is 0. The molecule has 1 aliphatic rings. The van der Waals surface area contributed by atoms with Crippen molar-refractivity contribution in [2.45, 2.75) is 25.4 Å². The summed E-state index contributed by atoms with van der Waals surface area (Å²) < 4.78 is 13.1. The van der Waals surface area contributed by atoms with Gasteiger partial charge in [0.05, 0.1) is 12.1 Å². The van der Waals surface area contributed by atoms with E-state index in [-0.39, 0.29) is 17.9 Å². The minimum Gasteiger partial charge on any atom is -0.481 e. The third-order valence-electron chi connectivity index (χ3n) is 4.77. The van der Waals surface area contributed by atoms with Gasteiger partial charge in [0.1, 0.15) is 5.82 Å². The van der Waals surface area contributed by atoms with E-state index in [1.165, 1.54) is 17.7 Å². The molecule has 2 unspecified atom stereocenters. The first kappa shape index (κ1) is 17.4. The van der Waals surface area contributed by atoms with E-state index in [1.54, 1.807) is 12.1 Å². The zero-order valence-corrected chi connectivity index (χ0v) is 14.1. The lowest BCUT2D eigenvalue weighted by atomic mass is 9.94. The summed E-state index contributed by atoms with van der Waals surface area (Å²) in [5, 5.41) is 12.7. The van der Waals surface area contributed by atoms with Crippen LogP contribution in [0.2, 0.25) is 0 Å². The van der Waals surface area contributed by atoms with Crippen molar-refractivity contribution < 1.29 is 14.3 Å². The van der Waals surface area contributed by atoms with Gasteiger partial charge >= 0.3 is 5.97 Å². The lowest BCUT2D eigenvalue weighted by molar-refractivity contribution is -0.143. The fraction of sp³-hybridized carbons (Fsp3) is 0.350. The molecule has 132 valence electrons. The number of nitrogens with zero attached hydrogens (tertiary/aromatic N) is 1. The molecule has 1 saturated heterocycles. The molecule has 1 aliphatic heterocycles. The molecule has 0 spiro atoms. The summed E-state index contributed by atoms with van der Waals surface area (Å²) in [6, 6.07) is 16.5. The molecule has 2 atom stereocenters. The number of aliphatic carboxylic acids is 1. The lowest BCUT2D eigenvalue weighted by Gasteiger charge is -2.39. The van der Waals surface area contributed by atoms with E-state index in [0.717, 1.165) is 25.2 Å². The van der Waals surface area contributed by atoms with Crippen molar-refractivity contribution in [3.05, 3.63) is 66.0 Å². The summed E-state index contributed by atoms with van der Waals surface area (Å²) in [6.07, 6.45) is 2.05. The Morgan fingerprint density at radius 3 is 2.56 bits per heavy atom. The molecule has 2 N–H and O–H groups in total. The fourth-order valence-corrected chi connectivity index (χ4v) is 3.31. The van der Waals surface area contributed by atoms with Crippen LogP contribution in [0.3, 0.4) is 0 Å². The number of hydrogen-bond acceptors (Lipinski definition) is 3. The van der Waals surface area contributed by atoms with Gasteiger partial charge in [-0.15, -0.1) is 0 Å². The quantitative estimate of drug-likeness (QED) is 0.842. The van der Waals surface area contributed by atoms with Gasteiger partial charge in [-0.2, -0.15) is 0 Å². The number of rotatable bonds is 6. The first-order valence-electron chi connectivity index (χ1n) is 8.65. The molecule has 0 aliphatic carbocycles. The number of nitrogens with one attached hydrogen (secondary N) is 1. The Hall–Kier alpha value is -2.40. The van der Waals surface area contributed by atoms with Gasteiger partial charge in [-0.25, -0.2) is 4.39 Å². The number of hydrogen-bond donors (Lipinski definition) is 2. The van der Waals surface area contributed by atoms with E-state index in [0.29, 0.717) is 12.8 Å². The van der Waals surface area contributed by atoms with Crippen LogP contribution in [0.5, 0.6) is 0 Å². The monoisotopic (exact) mass is 342 g/mol. The van der Waals surface area contributed by atoms with E-state index in [9.17, 15) is 14.3 Å². The molecule has 3 rings (SSSR count). The van der Waals surface area contributed by atoms with Gasteiger partial charge in [-0.05, 0) is 49.1 Å². The van der Waals surface area contributed by atoms with Crippen molar-refractivity contribution in [2.24, 2.45) is 5.92 Å². The Kier molecular flexibility index (Phi) is 5.66. The second-order valence-corrected chi connectivity index (χ2v) is 6.50. The van der Waals surface area contributed by atoms with Crippen molar-refractivity contribution in [3.63, 3.8) is 0 Å². The van der Waals surface area contributed by atoms with E-state index in [2.05, 4.69) is 22.3 Å². The average Bonchev–Trinajstić information content (AvgIpc) is 2.63. The number of carbonyl (C=O) groups is 1. The molecule has 1 heterocycles. The summed E-state index contributed by atoms with van der Waals surface area (Å²) in [4.78, 5) is 13.7. The number of piperidine rings is 1. The number of carboxylic acid groups (broad SMARTS) is 1. The highest BCUT2D eigenvalue weighted by molar-refractivity contribution is 5.70. The predicted octanol–water partition coefficient (Wildman–Crippen LogP) is 3.60. The van der Waals surface area contributed by atoms with Crippen LogP contribution in [-0.2, 0) is 11.2 Å². The Morgan fingerprint density at radius 2 is 1.88 bits per heavy atom. The van der Waals surface area contributed by atoms with Gasteiger partial charge in [0, 0.05) is 18.8 Å².